The minimum atomic E-state index is -0.379. The molecule has 3 rings (SSSR count). The number of hydrogen-bond donors (Lipinski definition) is 2. The van der Waals surface area contributed by atoms with Gasteiger partial charge >= 0.3 is 0 Å². The summed E-state index contributed by atoms with van der Waals surface area (Å²) in [5, 5.41) is 16.0. The number of hydrogen-bond acceptors (Lipinski definition) is 6. The molecule has 0 unspecified atom stereocenters. The van der Waals surface area contributed by atoms with Gasteiger partial charge in [0, 0.05) is 0 Å². The Kier molecular flexibility index (Phi) is 4.75. The molecule has 0 aliphatic carbocycles. The van der Waals surface area contributed by atoms with Gasteiger partial charge in [-0.05, 0) is 12.1 Å². The number of aromatic nitrogens is 4. The number of carbonyl (C=O) groups is 1. The molecule has 0 saturated carbocycles. The van der Waals surface area contributed by atoms with Crippen LogP contribution in [-0.2, 0) is 17.9 Å². The van der Waals surface area contributed by atoms with Crippen molar-refractivity contribution in [1.82, 2.24) is 19.3 Å². The largest absolute Gasteiger partial charge is 0.495 e. The lowest BCUT2D eigenvalue weighted by Crippen LogP contribution is -2.28. The lowest BCUT2D eigenvalue weighted by Gasteiger charge is -2.10. The van der Waals surface area contributed by atoms with E-state index in [-0.39, 0.29) is 31.2 Å². The summed E-state index contributed by atoms with van der Waals surface area (Å²) < 4.78 is 7.82. The van der Waals surface area contributed by atoms with E-state index in [4.69, 9.17) is 9.84 Å². The highest BCUT2D eigenvalue weighted by Crippen LogP contribution is 2.22. The standard InChI is InChI=1S/C16H17N5O4/c1-25-13-5-3-2-4-12(13)19-14(23)9-20-10-17-15-11(16(20)24)8-18-21(15)6-7-22/h2-5,8,10,22H,6-7,9H2,1H3,(H,19,23). The van der Waals surface area contributed by atoms with Crippen LogP contribution in [0.4, 0.5) is 5.69 Å². The summed E-state index contributed by atoms with van der Waals surface area (Å²) in [6.07, 6.45) is 2.68. The van der Waals surface area contributed by atoms with Gasteiger partial charge in [-0.15, -0.1) is 0 Å². The highest BCUT2D eigenvalue weighted by molar-refractivity contribution is 5.92. The van der Waals surface area contributed by atoms with E-state index in [1.807, 2.05) is 0 Å². The summed E-state index contributed by atoms with van der Waals surface area (Å²) in [5.41, 5.74) is 0.526. The number of benzene rings is 1. The van der Waals surface area contributed by atoms with E-state index in [1.165, 1.54) is 28.9 Å². The molecule has 0 atom stereocenters. The molecule has 2 N–H and O–H groups in total. The Morgan fingerprint density at radius 1 is 1.36 bits per heavy atom. The van der Waals surface area contributed by atoms with Crippen molar-refractivity contribution in [3.63, 3.8) is 0 Å². The molecule has 0 aliphatic rings. The topological polar surface area (TPSA) is 111 Å². The predicted molar refractivity (Wildman–Crippen MR) is 90.5 cm³/mol. The quantitative estimate of drug-likeness (QED) is 0.663. The fourth-order valence-electron chi connectivity index (χ4n) is 2.46. The molecule has 0 fully saturated rings. The van der Waals surface area contributed by atoms with Crippen LogP contribution in [0.15, 0.2) is 41.6 Å². The Morgan fingerprint density at radius 2 is 2.16 bits per heavy atom. The maximum Gasteiger partial charge on any atom is 0.264 e. The minimum absolute atomic E-state index is 0.108. The van der Waals surface area contributed by atoms with Gasteiger partial charge in [-0.25, -0.2) is 9.67 Å². The zero-order valence-corrected chi connectivity index (χ0v) is 13.5. The van der Waals surface area contributed by atoms with E-state index in [0.717, 1.165) is 0 Å². The van der Waals surface area contributed by atoms with E-state index in [9.17, 15) is 9.59 Å². The molecular weight excluding hydrogens is 326 g/mol. The monoisotopic (exact) mass is 343 g/mol. The molecule has 3 aromatic rings. The lowest BCUT2D eigenvalue weighted by molar-refractivity contribution is -0.116. The Bertz CT molecular complexity index is 963. The second-order valence-corrected chi connectivity index (χ2v) is 5.25. The minimum Gasteiger partial charge on any atom is -0.495 e. The summed E-state index contributed by atoms with van der Waals surface area (Å²) in [5.74, 6) is 0.151. The first-order valence-corrected chi connectivity index (χ1v) is 7.58. The van der Waals surface area contributed by atoms with Crippen molar-refractivity contribution >= 4 is 22.6 Å². The third-order valence-corrected chi connectivity index (χ3v) is 3.63. The number of methoxy groups -OCH3 is 1. The van der Waals surface area contributed by atoms with Crippen LogP contribution in [0.1, 0.15) is 0 Å². The summed E-state index contributed by atoms with van der Waals surface area (Å²) in [7, 11) is 1.51. The van der Waals surface area contributed by atoms with Gasteiger partial charge < -0.3 is 15.2 Å². The summed E-state index contributed by atoms with van der Waals surface area (Å²) in [6.45, 7) is -0.0535. The van der Waals surface area contributed by atoms with Gasteiger partial charge in [0.1, 0.15) is 24.0 Å². The highest BCUT2D eigenvalue weighted by atomic mass is 16.5. The zero-order valence-electron chi connectivity index (χ0n) is 13.5. The maximum atomic E-state index is 12.5. The molecule has 9 heteroatoms. The van der Waals surface area contributed by atoms with Crippen LogP contribution in [0.3, 0.4) is 0 Å². The molecule has 25 heavy (non-hydrogen) atoms. The van der Waals surface area contributed by atoms with Gasteiger partial charge in [0.05, 0.1) is 32.1 Å². The highest BCUT2D eigenvalue weighted by Gasteiger charge is 2.13. The van der Waals surface area contributed by atoms with Gasteiger partial charge in [-0.1, -0.05) is 12.1 Å². The molecule has 1 aromatic carbocycles. The van der Waals surface area contributed by atoms with E-state index in [0.29, 0.717) is 22.5 Å². The van der Waals surface area contributed by atoms with Crippen LogP contribution in [0.5, 0.6) is 5.75 Å². The molecule has 0 aliphatic heterocycles. The van der Waals surface area contributed by atoms with Crippen LogP contribution < -0.4 is 15.6 Å². The van der Waals surface area contributed by atoms with Crippen molar-refractivity contribution in [3.05, 3.63) is 47.1 Å². The molecule has 1 amide bonds. The number of fused-ring (bicyclic) bond motifs is 1. The fourth-order valence-corrected chi connectivity index (χ4v) is 2.46. The number of aliphatic hydroxyl groups excluding tert-OH is 1. The molecule has 2 aromatic heterocycles. The molecule has 130 valence electrons. The Morgan fingerprint density at radius 3 is 2.92 bits per heavy atom. The molecule has 0 radical (unpaired) electrons. The Hall–Kier alpha value is -3.20. The number of carbonyl (C=O) groups excluding carboxylic acids is 1. The van der Waals surface area contributed by atoms with Crippen molar-refractivity contribution in [3.8, 4) is 5.75 Å². The van der Waals surface area contributed by atoms with Gasteiger partial charge in [-0.2, -0.15) is 5.10 Å². The normalized spacial score (nSPS) is 10.8. The number of rotatable bonds is 6. The molecule has 2 heterocycles. The van der Waals surface area contributed by atoms with Gasteiger partial charge in [0.2, 0.25) is 5.91 Å². The second kappa shape index (κ2) is 7.14. The molecular formula is C16H17N5O4. The van der Waals surface area contributed by atoms with Crippen LogP contribution in [-0.4, -0.2) is 44.1 Å². The molecule has 0 saturated heterocycles. The number of para-hydroxylation sites is 2. The smallest absolute Gasteiger partial charge is 0.264 e. The average molecular weight is 343 g/mol. The van der Waals surface area contributed by atoms with Crippen LogP contribution in [0.2, 0.25) is 0 Å². The average Bonchev–Trinajstić information content (AvgIpc) is 3.02. The van der Waals surface area contributed by atoms with Crippen LogP contribution in [0.25, 0.3) is 11.0 Å². The van der Waals surface area contributed by atoms with Crippen molar-refractivity contribution in [1.29, 1.82) is 0 Å². The SMILES string of the molecule is COc1ccccc1NC(=O)Cn1cnc2c(cnn2CCO)c1=O. The maximum absolute atomic E-state index is 12.5. The number of aliphatic hydroxyl groups is 1. The Balaban J connectivity index is 1.82. The molecule has 0 spiro atoms. The van der Waals surface area contributed by atoms with Gasteiger partial charge in [0.25, 0.3) is 5.56 Å². The lowest BCUT2D eigenvalue weighted by atomic mass is 10.3. The third kappa shape index (κ3) is 3.36. The van der Waals surface area contributed by atoms with E-state index >= 15 is 0 Å². The second-order valence-electron chi connectivity index (χ2n) is 5.25. The fraction of sp³-hybridized carbons (Fsp3) is 0.250. The van der Waals surface area contributed by atoms with E-state index in [1.54, 1.807) is 24.3 Å². The van der Waals surface area contributed by atoms with Crippen molar-refractivity contribution in [2.45, 2.75) is 13.1 Å². The zero-order chi connectivity index (χ0) is 17.8. The van der Waals surface area contributed by atoms with Crippen LogP contribution in [0, 0.1) is 0 Å². The predicted octanol–water partition coefficient (Wildman–Crippen LogP) is 0.233. The third-order valence-electron chi connectivity index (χ3n) is 3.63. The Labute approximate surface area is 142 Å². The first-order chi connectivity index (χ1) is 12.1. The number of ether oxygens (including phenoxy) is 1. The van der Waals surface area contributed by atoms with Gasteiger partial charge in [-0.3, -0.25) is 14.2 Å². The number of anilines is 1. The first kappa shape index (κ1) is 16.7. The van der Waals surface area contributed by atoms with Crippen LogP contribution >= 0.6 is 0 Å². The summed E-state index contributed by atoms with van der Waals surface area (Å²) in [6, 6.07) is 7.00. The summed E-state index contributed by atoms with van der Waals surface area (Å²) in [4.78, 5) is 28.9. The summed E-state index contributed by atoms with van der Waals surface area (Å²) >= 11 is 0. The van der Waals surface area contributed by atoms with E-state index in [2.05, 4.69) is 15.4 Å². The first-order valence-electron chi connectivity index (χ1n) is 7.58. The number of amides is 1. The van der Waals surface area contributed by atoms with Crippen molar-refractivity contribution < 1.29 is 14.6 Å². The van der Waals surface area contributed by atoms with Crippen molar-refractivity contribution in [2.75, 3.05) is 19.0 Å². The molecule has 9 nitrogen and oxygen atoms in total. The van der Waals surface area contributed by atoms with E-state index < -0.39 is 0 Å². The van der Waals surface area contributed by atoms with Crippen molar-refractivity contribution in [2.24, 2.45) is 0 Å². The molecule has 0 bridgehead atoms. The number of nitrogens with zero attached hydrogens (tertiary/aromatic N) is 4. The van der Waals surface area contributed by atoms with Gasteiger partial charge in [0.15, 0.2) is 5.65 Å². The number of nitrogens with one attached hydrogen (secondary N) is 1.